The van der Waals surface area contributed by atoms with Crippen LogP contribution in [0.3, 0.4) is 0 Å². The van der Waals surface area contributed by atoms with E-state index in [1.165, 1.54) is 0 Å². The summed E-state index contributed by atoms with van der Waals surface area (Å²) in [5.41, 5.74) is 4.77. The fraction of sp³-hybridized carbons (Fsp3) is 0.154. The first-order valence-electron chi connectivity index (χ1n) is 5.69. The Bertz CT molecular complexity index is 597. The molecule has 19 heavy (non-hydrogen) atoms. The third-order valence-corrected chi connectivity index (χ3v) is 4.60. The second-order valence-electron chi connectivity index (χ2n) is 4.07. The number of aryl methyl sites for hydroxylation is 1. The van der Waals surface area contributed by atoms with Crippen molar-refractivity contribution in [3.63, 3.8) is 0 Å². The largest absolute Gasteiger partial charge is 0.347 e. The first-order chi connectivity index (χ1) is 9.11. The van der Waals surface area contributed by atoms with Gasteiger partial charge in [0.25, 0.3) is 5.91 Å². The van der Waals surface area contributed by atoms with Gasteiger partial charge >= 0.3 is 0 Å². The van der Waals surface area contributed by atoms with Crippen LogP contribution in [0, 0.1) is 6.92 Å². The zero-order chi connectivity index (χ0) is 13.8. The number of amides is 1. The summed E-state index contributed by atoms with van der Waals surface area (Å²) in [4.78, 5) is 13.2. The summed E-state index contributed by atoms with van der Waals surface area (Å²) >= 11 is 5.03. The lowest BCUT2D eigenvalue weighted by Gasteiger charge is -2.10. The van der Waals surface area contributed by atoms with Gasteiger partial charge in [-0.05, 0) is 52.0 Å². The molecule has 1 aromatic carbocycles. The Kier molecular flexibility index (Phi) is 4.57. The van der Waals surface area contributed by atoms with Gasteiger partial charge in [-0.2, -0.15) is 0 Å². The molecule has 0 radical (unpaired) electrons. The molecule has 0 aliphatic heterocycles. The van der Waals surface area contributed by atoms with Crippen molar-refractivity contribution in [2.75, 3.05) is 5.43 Å². The molecule has 0 aliphatic rings. The lowest BCUT2D eigenvalue weighted by Crippen LogP contribution is -2.24. The Morgan fingerprint density at radius 1 is 1.42 bits per heavy atom. The Balaban J connectivity index is 2.10. The fourth-order valence-corrected chi connectivity index (χ4v) is 3.11. The van der Waals surface area contributed by atoms with Crippen molar-refractivity contribution in [1.82, 2.24) is 5.32 Å². The van der Waals surface area contributed by atoms with E-state index in [1.807, 2.05) is 30.5 Å². The molecule has 0 fully saturated rings. The molecule has 0 unspecified atom stereocenters. The van der Waals surface area contributed by atoms with Crippen LogP contribution < -0.4 is 16.6 Å². The summed E-state index contributed by atoms with van der Waals surface area (Å²) in [6.07, 6.45) is 0. The predicted octanol–water partition coefficient (Wildman–Crippen LogP) is 3.03. The van der Waals surface area contributed by atoms with Crippen LogP contribution in [0.15, 0.2) is 34.1 Å². The molecule has 0 bridgehead atoms. The second kappa shape index (κ2) is 6.18. The maximum atomic E-state index is 12.1. The molecular formula is C13H14BrN3OS. The van der Waals surface area contributed by atoms with Gasteiger partial charge in [-0.15, -0.1) is 11.3 Å². The molecule has 4 nitrogen and oxygen atoms in total. The maximum Gasteiger partial charge on any atom is 0.253 e. The smallest absolute Gasteiger partial charge is 0.253 e. The molecule has 0 atom stereocenters. The Labute approximate surface area is 124 Å². The van der Waals surface area contributed by atoms with E-state index in [-0.39, 0.29) is 5.91 Å². The normalized spacial score (nSPS) is 10.3. The summed E-state index contributed by atoms with van der Waals surface area (Å²) in [6, 6.07) is 7.46. The number of hydrogen-bond acceptors (Lipinski definition) is 4. The van der Waals surface area contributed by atoms with Gasteiger partial charge in [0.15, 0.2) is 0 Å². The van der Waals surface area contributed by atoms with Crippen LogP contribution in [0.25, 0.3) is 0 Å². The van der Waals surface area contributed by atoms with Crippen molar-refractivity contribution < 1.29 is 4.79 Å². The SMILES string of the molecule is Cc1ccc(C(=O)NCc2sccc2Br)c(NN)c1. The van der Waals surface area contributed by atoms with E-state index in [2.05, 4.69) is 26.7 Å². The first-order valence-corrected chi connectivity index (χ1v) is 7.36. The molecule has 1 amide bonds. The number of rotatable bonds is 4. The second-order valence-corrected chi connectivity index (χ2v) is 5.92. The van der Waals surface area contributed by atoms with Crippen LogP contribution in [-0.2, 0) is 6.54 Å². The van der Waals surface area contributed by atoms with Crippen LogP contribution in [0.2, 0.25) is 0 Å². The number of carbonyl (C=O) groups excluding carboxylic acids is 1. The average molecular weight is 340 g/mol. The highest BCUT2D eigenvalue weighted by Gasteiger charge is 2.11. The summed E-state index contributed by atoms with van der Waals surface area (Å²) in [7, 11) is 0. The van der Waals surface area contributed by atoms with Crippen LogP contribution in [0.5, 0.6) is 0 Å². The molecule has 4 N–H and O–H groups in total. The van der Waals surface area contributed by atoms with Gasteiger partial charge in [-0.3, -0.25) is 10.6 Å². The van der Waals surface area contributed by atoms with Gasteiger partial charge < -0.3 is 10.7 Å². The van der Waals surface area contributed by atoms with Gasteiger partial charge in [-0.25, -0.2) is 0 Å². The van der Waals surface area contributed by atoms with Crippen LogP contribution in [-0.4, -0.2) is 5.91 Å². The van der Waals surface area contributed by atoms with Gasteiger partial charge in [0.1, 0.15) is 0 Å². The lowest BCUT2D eigenvalue weighted by atomic mass is 10.1. The molecule has 2 aromatic rings. The molecule has 100 valence electrons. The highest BCUT2D eigenvalue weighted by atomic mass is 79.9. The molecule has 0 aliphatic carbocycles. The summed E-state index contributed by atoms with van der Waals surface area (Å²) in [5, 5.41) is 4.86. The zero-order valence-electron chi connectivity index (χ0n) is 10.4. The third kappa shape index (κ3) is 3.34. The number of hydrogen-bond donors (Lipinski definition) is 3. The number of nitrogens with two attached hydrogens (primary N) is 1. The van der Waals surface area contributed by atoms with Gasteiger partial charge in [-0.1, -0.05) is 6.07 Å². The maximum absolute atomic E-state index is 12.1. The minimum atomic E-state index is -0.145. The van der Waals surface area contributed by atoms with Crippen LogP contribution >= 0.6 is 27.3 Å². The molecule has 2 rings (SSSR count). The Morgan fingerprint density at radius 2 is 2.21 bits per heavy atom. The van der Waals surface area contributed by atoms with Gasteiger partial charge in [0.05, 0.1) is 17.8 Å². The predicted molar refractivity (Wildman–Crippen MR) is 82.2 cm³/mol. The van der Waals surface area contributed by atoms with E-state index in [0.717, 1.165) is 14.9 Å². The average Bonchev–Trinajstić information content (AvgIpc) is 2.81. The fourth-order valence-electron chi connectivity index (χ4n) is 1.68. The quantitative estimate of drug-likeness (QED) is 0.592. The van der Waals surface area contributed by atoms with E-state index in [1.54, 1.807) is 17.4 Å². The van der Waals surface area contributed by atoms with Crippen molar-refractivity contribution in [3.8, 4) is 0 Å². The van der Waals surface area contributed by atoms with E-state index in [4.69, 9.17) is 5.84 Å². The van der Waals surface area contributed by atoms with E-state index >= 15 is 0 Å². The van der Waals surface area contributed by atoms with Crippen LogP contribution in [0.1, 0.15) is 20.8 Å². The highest BCUT2D eigenvalue weighted by molar-refractivity contribution is 9.10. The summed E-state index contributed by atoms with van der Waals surface area (Å²) in [6.45, 7) is 2.44. The van der Waals surface area contributed by atoms with Gasteiger partial charge in [0, 0.05) is 9.35 Å². The number of benzene rings is 1. The summed E-state index contributed by atoms with van der Waals surface area (Å²) in [5.74, 6) is 5.29. The minimum absolute atomic E-state index is 0.145. The van der Waals surface area contributed by atoms with Crippen molar-refractivity contribution in [1.29, 1.82) is 0 Å². The van der Waals surface area contributed by atoms with Crippen molar-refractivity contribution >= 4 is 38.9 Å². The molecule has 6 heteroatoms. The zero-order valence-corrected chi connectivity index (χ0v) is 12.8. The number of carbonyl (C=O) groups is 1. The van der Waals surface area contributed by atoms with E-state index in [9.17, 15) is 4.79 Å². The van der Waals surface area contributed by atoms with E-state index < -0.39 is 0 Å². The van der Waals surface area contributed by atoms with Crippen molar-refractivity contribution in [2.24, 2.45) is 5.84 Å². The molecule has 1 heterocycles. The Morgan fingerprint density at radius 3 is 2.84 bits per heavy atom. The van der Waals surface area contributed by atoms with Crippen molar-refractivity contribution in [2.45, 2.75) is 13.5 Å². The third-order valence-electron chi connectivity index (χ3n) is 2.68. The standard InChI is InChI=1S/C13H14BrN3OS/c1-8-2-3-9(11(6-8)17-15)13(18)16-7-12-10(14)4-5-19-12/h2-6,17H,7,15H2,1H3,(H,16,18). The highest BCUT2D eigenvalue weighted by Crippen LogP contribution is 2.22. The minimum Gasteiger partial charge on any atom is -0.347 e. The van der Waals surface area contributed by atoms with E-state index in [0.29, 0.717) is 17.8 Å². The topological polar surface area (TPSA) is 67.2 Å². The first kappa shape index (κ1) is 14.0. The Hall–Kier alpha value is -1.37. The number of nitrogen functional groups attached to an aromatic ring is 1. The number of nitrogens with one attached hydrogen (secondary N) is 2. The molecule has 0 saturated carbocycles. The lowest BCUT2D eigenvalue weighted by molar-refractivity contribution is 0.0952. The number of hydrazine groups is 1. The number of thiophene rings is 1. The number of anilines is 1. The summed E-state index contributed by atoms with van der Waals surface area (Å²) < 4.78 is 1.01. The molecule has 0 saturated heterocycles. The monoisotopic (exact) mass is 339 g/mol. The molecular weight excluding hydrogens is 326 g/mol. The molecule has 1 aromatic heterocycles. The number of halogens is 1. The van der Waals surface area contributed by atoms with Crippen LogP contribution in [0.4, 0.5) is 5.69 Å². The van der Waals surface area contributed by atoms with Gasteiger partial charge in [0.2, 0.25) is 0 Å². The molecule has 0 spiro atoms. The van der Waals surface area contributed by atoms with Crippen molar-refractivity contribution in [3.05, 3.63) is 50.1 Å².